The highest BCUT2D eigenvalue weighted by Gasteiger charge is 2.33. The lowest BCUT2D eigenvalue weighted by Gasteiger charge is -2.40. The Morgan fingerprint density at radius 2 is 1.91 bits per heavy atom. The van der Waals surface area contributed by atoms with Gasteiger partial charge < -0.3 is 4.90 Å². The van der Waals surface area contributed by atoms with E-state index in [-0.39, 0.29) is 0 Å². The Balaban J connectivity index is 1.70. The van der Waals surface area contributed by atoms with Gasteiger partial charge in [-0.15, -0.1) is 0 Å². The summed E-state index contributed by atoms with van der Waals surface area (Å²) < 4.78 is 1.12. The number of benzene rings is 1. The van der Waals surface area contributed by atoms with Gasteiger partial charge in [0.05, 0.1) is 6.54 Å². The molecule has 1 aromatic carbocycles. The van der Waals surface area contributed by atoms with E-state index in [2.05, 4.69) is 63.8 Å². The summed E-state index contributed by atoms with van der Waals surface area (Å²) in [5, 5.41) is 0. The van der Waals surface area contributed by atoms with Crippen molar-refractivity contribution in [2.75, 3.05) is 13.1 Å². The first-order valence-electron chi connectivity index (χ1n) is 8.87. The van der Waals surface area contributed by atoms with E-state index >= 15 is 0 Å². The molecule has 23 heavy (non-hydrogen) atoms. The van der Waals surface area contributed by atoms with Crippen LogP contribution in [0.15, 0.2) is 28.7 Å². The first-order chi connectivity index (χ1) is 11.1. The Hall–Kier alpha value is -0.870. The number of halogens is 1. The van der Waals surface area contributed by atoms with Crippen molar-refractivity contribution in [2.24, 2.45) is 0 Å². The Bertz CT molecular complexity index is 552. The normalized spacial score (nSPS) is 29.0. The van der Waals surface area contributed by atoms with Gasteiger partial charge in [0.25, 0.3) is 0 Å². The maximum absolute atomic E-state index is 12.9. The molecule has 0 aliphatic carbocycles. The number of carbonyl (C=O) groups is 1. The van der Waals surface area contributed by atoms with Crippen LogP contribution in [0.25, 0.3) is 0 Å². The first-order valence-corrected chi connectivity index (χ1v) is 9.66. The third kappa shape index (κ3) is 3.80. The molecule has 3 atom stereocenters. The van der Waals surface area contributed by atoms with Crippen molar-refractivity contribution in [1.82, 2.24) is 9.80 Å². The zero-order valence-corrected chi connectivity index (χ0v) is 15.8. The number of rotatable bonds is 3. The van der Waals surface area contributed by atoms with Crippen LogP contribution in [0.5, 0.6) is 0 Å². The molecule has 1 aromatic rings. The Morgan fingerprint density at radius 1 is 1.17 bits per heavy atom. The second-order valence-corrected chi connectivity index (χ2v) is 8.03. The predicted octanol–water partition coefficient (Wildman–Crippen LogP) is 4.38. The Labute approximate surface area is 148 Å². The summed E-state index contributed by atoms with van der Waals surface area (Å²) in [6.45, 7) is 5.98. The highest BCUT2D eigenvalue weighted by molar-refractivity contribution is 9.10. The Morgan fingerprint density at radius 3 is 2.61 bits per heavy atom. The zero-order valence-electron chi connectivity index (χ0n) is 14.2. The van der Waals surface area contributed by atoms with E-state index in [4.69, 9.17) is 0 Å². The summed E-state index contributed by atoms with van der Waals surface area (Å²) in [6.07, 6.45) is 5.86. The van der Waals surface area contributed by atoms with Crippen molar-refractivity contribution in [2.45, 2.75) is 64.1 Å². The molecule has 0 bridgehead atoms. The molecule has 0 N–H and O–H groups in total. The fourth-order valence-corrected chi connectivity index (χ4v) is 4.69. The maximum atomic E-state index is 12.9. The van der Waals surface area contributed by atoms with Crippen LogP contribution in [0, 0.1) is 0 Å². The lowest BCUT2D eigenvalue weighted by molar-refractivity contribution is -0.138. The molecule has 0 radical (unpaired) electrons. The van der Waals surface area contributed by atoms with Crippen LogP contribution in [0.3, 0.4) is 0 Å². The molecule has 0 aromatic heterocycles. The van der Waals surface area contributed by atoms with E-state index in [0.717, 1.165) is 30.3 Å². The van der Waals surface area contributed by atoms with Crippen molar-refractivity contribution < 1.29 is 4.79 Å². The van der Waals surface area contributed by atoms with Gasteiger partial charge in [0.2, 0.25) is 5.91 Å². The standard InChI is InChI=1S/C19H27BrN2O/c1-14-6-3-7-15(2)22(14)19(23)13-21-11-5-10-18(21)16-8-4-9-17(20)12-16/h4,8-9,12,14-15,18H,3,5-7,10-11,13H2,1-2H3. The first kappa shape index (κ1) is 17.0. The number of carbonyl (C=O) groups excluding carboxylic acids is 1. The third-order valence-corrected chi connectivity index (χ3v) is 5.91. The number of likely N-dealkylation sites (tertiary alicyclic amines) is 2. The van der Waals surface area contributed by atoms with Gasteiger partial charge in [0.1, 0.15) is 0 Å². The van der Waals surface area contributed by atoms with E-state index in [0.29, 0.717) is 30.6 Å². The van der Waals surface area contributed by atoms with Gasteiger partial charge in [-0.1, -0.05) is 28.1 Å². The van der Waals surface area contributed by atoms with E-state index < -0.39 is 0 Å². The summed E-state index contributed by atoms with van der Waals surface area (Å²) in [4.78, 5) is 17.4. The third-order valence-electron chi connectivity index (χ3n) is 5.42. The predicted molar refractivity (Wildman–Crippen MR) is 97.3 cm³/mol. The molecule has 2 aliphatic rings. The fourth-order valence-electron chi connectivity index (χ4n) is 4.28. The molecular formula is C19H27BrN2O. The van der Waals surface area contributed by atoms with Gasteiger partial charge >= 0.3 is 0 Å². The van der Waals surface area contributed by atoms with Crippen LogP contribution in [0.4, 0.5) is 0 Å². The molecule has 126 valence electrons. The molecule has 4 heteroatoms. The minimum atomic E-state index is 0.312. The number of piperidine rings is 1. The van der Waals surface area contributed by atoms with Gasteiger partial charge in [0, 0.05) is 22.6 Å². The quantitative estimate of drug-likeness (QED) is 0.779. The van der Waals surface area contributed by atoms with Crippen LogP contribution in [0.2, 0.25) is 0 Å². The summed E-state index contributed by atoms with van der Waals surface area (Å²) in [5.74, 6) is 0.312. The van der Waals surface area contributed by atoms with Crippen molar-refractivity contribution in [3.05, 3.63) is 34.3 Å². The number of amides is 1. The van der Waals surface area contributed by atoms with Gasteiger partial charge in [-0.2, -0.15) is 0 Å². The van der Waals surface area contributed by atoms with Crippen molar-refractivity contribution in [3.8, 4) is 0 Å². The van der Waals surface area contributed by atoms with Gasteiger partial charge in [-0.05, 0) is 70.2 Å². The number of nitrogens with zero attached hydrogens (tertiary/aromatic N) is 2. The molecule has 2 heterocycles. The average molecular weight is 379 g/mol. The molecule has 2 fully saturated rings. The van der Waals surface area contributed by atoms with E-state index in [1.54, 1.807) is 0 Å². The molecular weight excluding hydrogens is 352 g/mol. The molecule has 2 saturated heterocycles. The minimum absolute atomic E-state index is 0.312. The van der Waals surface area contributed by atoms with Gasteiger partial charge in [0.15, 0.2) is 0 Å². The lowest BCUT2D eigenvalue weighted by Crippen LogP contribution is -2.51. The average Bonchev–Trinajstić information content (AvgIpc) is 2.95. The number of hydrogen-bond donors (Lipinski definition) is 0. The molecule has 2 aliphatic heterocycles. The molecule has 0 saturated carbocycles. The number of hydrogen-bond acceptors (Lipinski definition) is 2. The highest BCUT2D eigenvalue weighted by atomic mass is 79.9. The summed E-state index contributed by atoms with van der Waals surface area (Å²) in [7, 11) is 0. The zero-order chi connectivity index (χ0) is 16.4. The maximum Gasteiger partial charge on any atom is 0.237 e. The topological polar surface area (TPSA) is 23.6 Å². The molecule has 3 unspecified atom stereocenters. The second-order valence-electron chi connectivity index (χ2n) is 7.11. The monoisotopic (exact) mass is 378 g/mol. The second kappa shape index (κ2) is 7.35. The summed E-state index contributed by atoms with van der Waals surface area (Å²) in [5.41, 5.74) is 1.32. The van der Waals surface area contributed by atoms with Gasteiger partial charge in [-0.25, -0.2) is 0 Å². The van der Waals surface area contributed by atoms with E-state index in [1.165, 1.54) is 18.4 Å². The smallest absolute Gasteiger partial charge is 0.237 e. The molecule has 3 nitrogen and oxygen atoms in total. The molecule has 1 amide bonds. The van der Waals surface area contributed by atoms with Crippen molar-refractivity contribution >= 4 is 21.8 Å². The van der Waals surface area contributed by atoms with Crippen LogP contribution in [-0.2, 0) is 4.79 Å². The van der Waals surface area contributed by atoms with Crippen molar-refractivity contribution in [3.63, 3.8) is 0 Å². The van der Waals surface area contributed by atoms with Crippen LogP contribution in [0.1, 0.15) is 57.6 Å². The summed E-state index contributed by atoms with van der Waals surface area (Å²) in [6, 6.07) is 9.69. The van der Waals surface area contributed by atoms with Crippen LogP contribution >= 0.6 is 15.9 Å². The summed E-state index contributed by atoms with van der Waals surface area (Å²) >= 11 is 3.56. The fraction of sp³-hybridized carbons (Fsp3) is 0.632. The minimum Gasteiger partial charge on any atom is -0.336 e. The van der Waals surface area contributed by atoms with Crippen LogP contribution in [-0.4, -0.2) is 40.9 Å². The van der Waals surface area contributed by atoms with E-state index in [1.807, 2.05) is 0 Å². The molecule has 3 rings (SSSR count). The van der Waals surface area contributed by atoms with Crippen molar-refractivity contribution in [1.29, 1.82) is 0 Å². The molecule has 0 spiro atoms. The van der Waals surface area contributed by atoms with Gasteiger partial charge in [-0.3, -0.25) is 9.69 Å². The van der Waals surface area contributed by atoms with E-state index in [9.17, 15) is 4.79 Å². The largest absolute Gasteiger partial charge is 0.336 e. The van der Waals surface area contributed by atoms with Crippen LogP contribution < -0.4 is 0 Å². The Kier molecular flexibility index (Phi) is 5.42. The lowest BCUT2D eigenvalue weighted by atomic mass is 9.97. The SMILES string of the molecule is CC1CCCC(C)N1C(=O)CN1CCCC1c1cccc(Br)c1. The highest BCUT2D eigenvalue weighted by Crippen LogP contribution is 2.33.